The van der Waals surface area contributed by atoms with Gasteiger partial charge >= 0.3 is 6.18 Å². The number of halogens is 5. The number of piperidine rings is 1. The third-order valence-corrected chi connectivity index (χ3v) is 5.34. The number of hydrogen-bond acceptors (Lipinski definition) is 2. The summed E-state index contributed by atoms with van der Waals surface area (Å²) < 4.78 is 54.0. The van der Waals surface area contributed by atoms with E-state index in [9.17, 15) is 17.6 Å². The van der Waals surface area contributed by atoms with E-state index in [0.717, 1.165) is 59.2 Å². The average molecular weight is 454 g/mol. The first-order valence-electron chi connectivity index (χ1n) is 8.78. The molecule has 1 aliphatic rings. The molecular weight excluding hydrogens is 438 g/mol. The lowest BCUT2D eigenvalue weighted by molar-refractivity contribution is -0.139. The van der Waals surface area contributed by atoms with Gasteiger partial charge in [0.2, 0.25) is 0 Å². The number of alkyl halides is 3. The summed E-state index contributed by atoms with van der Waals surface area (Å²) in [4.78, 5) is 7.40. The van der Waals surface area contributed by atoms with Crippen molar-refractivity contribution in [3.63, 3.8) is 0 Å². The number of H-pyrrole nitrogens is 1. The van der Waals surface area contributed by atoms with Gasteiger partial charge in [-0.2, -0.15) is 13.2 Å². The molecule has 0 amide bonds. The van der Waals surface area contributed by atoms with E-state index >= 15 is 0 Å². The van der Waals surface area contributed by atoms with Crippen LogP contribution >= 0.6 is 15.9 Å². The number of benzene rings is 2. The highest BCUT2D eigenvalue weighted by Gasteiger charge is 2.34. The number of imidazole rings is 1. The highest BCUT2D eigenvalue weighted by atomic mass is 79.9. The minimum absolute atomic E-state index is 0.160. The first kappa shape index (κ1) is 19.1. The molecular formula is C20H16BrF4N3. The van der Waals surface area contributed by atoms with Gasteiger partial charge < -0.3 is 10.3 Å². The molecule has 28 heavy (non-hydrogen) atoms. The fraction of sp³-hybridized carbons (Fsp3) is 0.250. The number of nitrogens with zero attached hydrogens (tertiary/aromatic N) is 1. The van der Waals surface area contributed by atoms with Gasteiger partial charge in [-0.1, -0.05) is 33.6 Å². The van der Waals surface area contributed by atoms with Crippen molar-refractivity contribution in [1.29, 1.82) is 0 Å². The van der Waals surface area contributed by atoms with Crippen LogP contribution in [0.4, 0.5) is 17.6 Å². The second-order valence-corrected chi connectivity index (χ2v) is 7.58. The molecule has 4 rings (SSSR count). The van der Waals surface area contributed by atoms with Crippen LogP contribution in [0.2, 0.25) is 0 Å². The molecule has 0 saturated carbocycles. The second kappa shape index (κ2) is 7.33. The molecule has 0 aliphatic carbocycles. The Morgan fingerprint density at radius 2 is 1.71 bits per heavy atom. The van der Waals surface area contributed by atoms with Crippen LogP contribution in [0.1, 0.15) is 29.8 Å². The molecule has 1 aliphatic heterocycles. The summed E-state index contributed by atoms with van der Waals surface area (Å²) in [6.45, 7) is 1.64. The SMILES string of the molecule is Fc1cc2nc(C(=C3CCNCC3)c3ccc(Br)cc3)[nH]c2cc1C(F)(F)F. The van der Waals surface area contributed by atoms with Crippen LogP contribution in [0, 0.1) is 5.82 Å². The van der Waals surface area contributed by atoms with Gasteiger partial charge in [0.25, 0.3) is 0 Å². The van der Waals surface area contributed by atoms with Gasteiger partial charge in [0, 0.05) is 16.1 Å². The van der Waals surface area contributed by atoms with Crippen LogP contribution in [0.25, 0.3) is 16.6 Å². The van der Waals surface area contributed by atoms with Crippen molar-refractivity contribution in [3.8, 4) is 0 Å². The Morgan fingerprint density at radius 3 is 2.36 bits per heavy atom. The molecule has 8 heteroatoms. The maximum Gasteiger partial charge on any atom is 0.419 e. The number of fused-ring (bicyclic) bond motifs is 1. The molecule has 0 radical (unpaired) electrons. The molecule has 0 bridgehead atoms. The van der Waals surface area contributed by atoms with Gasteiger partial charge in [0.1, 0.15) is 11.6 Å². The van der Waals surface area contributed by atoms with Crippen molar-refractivity contribution in [2.75, 3.05) is 13.1 Å². The lowest BCUT2D eigenvalue weighted by atomic mass is 9.93. The van der Waals surface area contributed by atoms with Gasteiger partial charge in [0.05, 0.1) is 16.6 Å². The quantitative estimate of drug-likeness (QED) is 0.490. The smallest absolute Gasteiger partial charge is 0.338 e. The van der Waals surface area contributed by atoms with Crippen molar-refractivity contribution in [1.82, 2.24) is 15.3 Å². The minimum Gasteiger partial charge on any atom is -0.338 e. The molecule has 1 fully saturated rings. The zero-order valence-electron chi connectivity index (χ0n) is 14.6. The van der Waals surface area contributed by atoms with E-state index in [1.54, 1.807) is 0 Å². The summed E-state index contributed by atoms with van der Waals surface area (Å²) in [7, 11) is 0. The van der Waals surface area contributed by atoms with E-state index in [0.29, 0.717) is 5.82 Å². The van der Waals surface area contributed by atoms with E-state index in [-0.39, 0.29) is 11.0 Å². The predicted octanol–water partition coefficient (Wildman–Crippen LogP) is 5.67. The lowest BCUT2D eigenvalue weighted by Crippen LogP contribution is -2.24. The molecule has 1 aromatic heterocycles. The van der Waals surface area contributed by atoms with Crippen LogP contribution in [0.15, 0.2) is 46.4 Å². The summed E-state index contributed by atoms with van der Waals surface area (Å²) in [5.74, 6) is -0.870. The normalized spacial score (nSPS) is 15.2. The highest BCUT2D eigenvalue weighted by molar-refractivity contribution is 9.10. The monoisotopic (exact) mass is 453 g/mol. The third kappa shape index (κ3) is 3.71. The van der Waals surface area contributed by atoms with E-state index in [1.807, 2.05) is 24.3 Å². The maximum atomic E-state index is 13.9. The van der Waals surface area contributed by atoms with Crippen LogP contribution in [-0.4, -0.2) is 23.1 Å². The molecule has 1 saturated heterocycles. The zero-order chi connectivity index (χ0) is 19.9. The van der Waals surface area contributed by atoms with Gasteiger partial charge in [-0.25, -0.2) is 9.37 Å². The van der Waals surface area contributed by atoms with E-state index in [1.165, 1.54) is 0 Å². The number of rotatable bonds is 2. The molecule has 0 atom stereocenters. The van der Waals surface area contributed by atoms with Crippen LogP contribution in [0.3, 0.4) is 0 Å². The predicted molar refractivity (Wildman–Crippen MR) is 103 cm³/mol. The van der Waals surface area contributed by atoms with Crippen LogP contribution < -0.4 is 5.32 Å². The Kier molecular flexibility index (Phi) is 5.01. The molecule has 3 nitrogen and oxygen atoms in total. The molecule has 3 aromatic rings. The first-order valence-corrected chi connectivity index (χ1v) is 9.58. The Labute approximate surface area is 167 Å². The maximum absolute atomic E-state index is 13.9. The highest BCUT2D eigenvalue weighted by Crippen LogP contribution is 2.35. The van der Waals surface area contributed by atoms with Crippen LogP contribution in [0.5, 0.6) is 0 Å². The van der Waals surface area contributed by atoms with Crippen LogP contribution in [-0.2, 0) is 6.18 Å². The number of aromatic amines is 1. The molecule has 2 aromatic carbocycles. The van der Waals surface area contributed by atoms with Gasteiger partial charge in [0.15, 0.2) is 0 Å². The fourth-order valence-electron chi connectivity index (χ4n) is 3.47. The minimum atomic E-state index is -4.76. The molecule has 2 heterocycles. The molecule has 2 N–H and O–H groups in total. The first-order chi connectivity index (χ1) is 13.3. The number of aromatic nitrogens is 2. The zero-order valence-corrected chi connectivity index (χ0v) is 16.2. The topological polar surface area (TPSA) is 40.7 Å². The van der Waals surface area contributed by atoms with E-state index < -0.39 is 17.6 Å². The largest absolute Gasteiger partial charge is 0.419 e. The van der Waals surface area contributed by atoms with Crippen molar-refractivity contribution in [3.05, 3.63) is 69.2 Å². The second-order valence-electron chi connectivity index (χ2n) is 6.67. The average Bonchev–Trinajstić information content (AvgIpc) is 3.05. The summed E-state index contributed by atoms with van der Waals surface area (Å²) in [6, 6.07) is 9.30. The summed E-state index contributed by atoms with van der Waals surface area (Å²) in [5, 5.41) is 3.29. The molecule has 0 spiro atoms. The third-order valence-electron chi connectivity index (χ3n) is 4.81. The van der Waals surface area contributed by atoms with Crippen molar-refractivity contribution >= 4 is 32.5 Å². The lowest BCUT2D eigenvalue weighted by Gasteiger charge is -2.19. The van der Waals surface area contributed by atoms with Crippen molar-refractivity contribution < 1.29 is 17.6 Å². The number of nitrogens with one attached hydrogen (secondary N) is 2. The number of hydrogen-bond donors (Lipinski definition) is 2. The Morgan fingerprint density at radius 1 is 1.04 bits per heavy atom. The summed E-state index contributed by atoms with van der Waals surface area (Å²) in [6.07, 6.45) is -3.14. The Bertz CT molecular complexity index is 1040. The Hall–Kier alpha value is -2.19. The van der Waals surface area contributed by atoms with E-state index in [4.69, 9.17) is 0 Å². The van der Waals surface area contributed by atoms with Gasteiger partial charge in [-0.05, 0) is 49.7 Å². The fourth-order valence-corrected chi connectivity index (χ4v) is 3.73. The van der Waals surface area contributed by atoms with E-state index in [2.05, 4.69) is 31.2 Å². The molecule has 0 unspecified atom stereocenters. The van der Waals surface area contributed by atoms with Crippen molar-refractivity contribution in [2.45, 2.75) is 19.0 Å². The van der Waals surface area contributed by atoms with Gasteiger partial charge in [-0.3, -0.25) is 0 Å². The Balaban J connectivity index is 1.89. The van der Waals surface area contributed by atoms with Crippen molar-refractivity contribution in [2.24, 2.45) is 0 Å². The summed E-state index contributed by atoms with van der Waals surface area (Å²) >= 11 is 3.41. The standard InChI is InChI=1S/C20H16BrF4N3/c21-13-3-1-11(2-4-13)18(12-5-7-26-8-6-12)19-27-16-9-14(20(23,24)25)15(22)10-17(16)28-19/h1-4,9-10,26H,5-8H2,(H,27,28). The molecule has 146 valence electrons. The summed E-state index contributed by atoms with van der Waals surface area (Å²) in [5.41, 5.74) is 1.97. The van der Waals surface area contributed by atoms with Gasteiger partial charge in [-0.15, -0.1) is 0 Å².